The first kappa shape index (κ1) is 21.7. The van der Waals surface area contributed by atoms with Crippen molar-refractivity contribution in [1.29, 1.82) is 0 Å². The lowest BCUT2D eigenvalue weighted by Crippen LogP contribution is -2.38. The van der Waals surface area contributed by atoms with Crippen LogP contribution in [0.5, 0.6) is 11.5 Å². The Balaban J connectivity index is 1.46. The molecule has 0 radical (unpaired) electrons. The Morgan fingerprint density at radius 3 is 2.50 bits per heavy atom. The first-order valence-corrected chi connectivity index (χ1v) is 10.8. The lowest BCUT2D eigenvalue weighted by molar-refractivity contribution is -0.114. The fourth-order valence-electron chi connectivity index (χ4n) is 4.28. The third-order valence-corrected chi connectivity index (χ3v) is 5.83. The summed E-state index contributed by atoms with van der Waals surface area (Å²) in [6.45, 7) is 1.49. The van der Waals surface area contributed by atoms with Crippen molar-refractivity contribution >= 4 is 28.5 Å². The number of hydrogen-bond acceptors (Lipinski definition) is 5. The van der Waals surface area contributed by atoms with Gasteiger partial charge in [0, 0.05) is 36.2 Å². The number of H-pyrrole nitrogens is 1. The van der Waals surface area contributed by atoms with E-state index >= 15 is 0 Å². The number of rotatable bonds is 6. The number of hydrogen-bond donors (Lipinski definition) is 3. The molecule has 2 unspecified atom stereocenters. The Hall–Kier alpha value is -3.55. The van der Waals surface area contributed by atoms with E-state index in [9.17, 15) is 9.59 Å². The van der Waals surface area contributed by atoms with Crippen LogP contribution in [0, 0.1) is 0 Å². The first-order valence-electron chi connectivity index (χ1n) is 10.8. The number of imidazole rings is 1. The molecule has 2 aromatic carbocycles. The Kier molecular flexibility index (Phi) is 6.30. The second kappa shape index (κ2) is 9.30. The number of anilines is 1. The quantitative estimate of drug-likeness (QED) is 0.542. The minimum absolute atomic E-state index is 0.0570. The Morgan fingerprint density at radius 2 is 1.81 bits per heavy atom. The highest BCUT2D eigenvalue weighted by Crippen LogP contribution is 2.33. The molecule has 3 N–H and O–H groups in total. The maximum atomic E-state index is 12.9. The number of aromatic amines is 1. The molecule has 1 aliphatic rings. The largest absolute Gasteiger partial charge is 0.497 e. The molecule has 0 saturated heterocycles. The van der Waals surface area contributed by atoms with Crippen LogP contribution in [0.1, 0.15) is 54.7 Å². The summed E-state index contributed by atoms with van der Waals surface area (Å²) in [6.07, 6.45) is 3.75. The van der Waals surface area contributed by atoms with Crippen LogP contribution in [-0.2, 0) is 4.79 Å². The predicted molar refractivity (Wildman–Crippen MR) is 122 cm³/mol. The van der Waals surface area contributed by atoms with Crippen LogP contribution < -0.4 is 20.1 Å². The van der Waals surface area contributed by atoms with Crippen LogP contribution in [0.4, 0.5) is 5.69 Å². The van der Waals surface area contributed by atoms with Crippen molar-refractivity contribution in [2.45, 2.75) is 44.6 Å². The van der Waals surface area contributed by atoms with E-state index in [-0.39, 0.29) is 23.8 Å². The zero-order chi connectivity index (χ0) is 22.7. The van der Waals surface area contributed by atoms with Crippen molar-refractivity contribution in [2.75, 3.05) is 19.5 Å². The fraction of sp³-hybridized carbons (Fsp3) is 0.375. The van der Waals surface area contributed by atoms with Gasteiger partial charge in [0.2, 0.25) is 5.91 Å². The highest BCUT2D eigenvalue weighted by atomic mass is 16.5. The van der Waals surface area contributed by atoms with Crippen molar-refractivity contribution in [3.05, 3.63) is 47.8 Å². The minimum Gasteiger partial charge on any atom is -0.497 e. The molecule has 1 fully saturated rings. The number of benzene rings is 2. The van der Waals surface area contributed by atoms with E-state index in [1.54, 1.807) is 32.4 Å². The third-order valence-electron chi connectivity index (χ3n) is 5.83. The third kappa shape index (κ3) is 4.85. The van der Waals surface area contributed by atoms with Crippen molar-refractivity contribution in [1.82, 2.24) is 15.3 Å². The van der Waals surface area contributed by atoms with Gasteiger partial charge in [-0.3, -0.25) is 9.59 Å². The van der Waals surface area contributed by atoms with Gasteiger partial charge in [-0.1, -0.05) is 6.42 Å². The molecule has 0 aliphatic heterocycles. The molecular formula is C24H28N4O4. The number of nitrogens with one attached hydrogen (secondary N) is 3. The number of aromatic nitrogens is 2. The predicted octanol–water partition coefficient (Wildman–Crippen LogP) is 3.99. The second-order valence-electron chi connectivity index (χ2n) is 8.17. The lowest BCUT2D eigenvalue weighted by Gasteiger charge is -2.28. The van der Waals surface area contributed by atoms with Gasteiger partial charge in [-0.25, -0.2) is 4.98 Å². The molecule has 8 heteroatoms. The van der Waals surface area contributed by atoms with E-state index in [1.165, 1.54) is 6.92 Å². The second-order valence-corrected chi connectivity index (χ2v) is 8.17. The molecule has 8 nitrogen and oxygen atoms in total. The zero-order valence-electron chi connectivity index (χ0n) is 18.5. The summed E-state index contributed by atoms with van der Waals surface area (Å²) < 4.78 is 10.6. The number of carbonyl (C=O) groups is 2. The van der Waals surface area contributed by atoms with Gasteiger partial charge >= 0.3 is 0 Å². The summed E-state index contributed by atoms with van der Waals surface area (Å²) in [6, 6.07) is 10.9. The van der Waals surface area contributed by atoms with Gasteiger partial charge in [-0.05, 0) is 49.6 Å². The molecule has 1 aromatic heterocycles. The van der Waals surface area contributed by atoms with Gasteiger partial charge in [0.1, 0.15) is 17.3 Å². The molecule has 32 heavy (non-hydrogen) atoms. The molecule has 2 amide bonds. The zero-order valence-corrected chi connectivity index (χ0v) is 18.5. The van der Waals surface area contributed by atoms with Crippen molar-refractivity contribution in [3.63, 3.8) is 0 Å². The van der Waals surface area contributed by atoms with Crippen LogP contribution >= 0.6 is 0 Å². The van der Waals surface area contributed by atoms with Crippen LogP contribution in [0.3, 0.4) is 0 Å². The maximum absolute atomic E-state index is 12.9. The summed E-state index contributed by atoms with van der Waals surface area (Å²) in [5.41, 5.74) is 3.00. The summed E-state index contributed by atoms with van der Waals surface area (Å²) >= 11 is 0. The van der Waals surface area contributed by atoms with Gasteiger partial charge in [0.25, 0.3) is 5.91 Å². The topological polar surface area (TPSA) is 105 Å². The minimum atomic E-state index is -0.141. The summed E-state index contributed by atoms with van der Waals surface area (Å²) in [4.78, 5) is 32.4. The Bertz CT molecular complexity index is 1120. The van der Waals surface area contributed by atoms with Gasteiger partial charge in [0.05, 0.1) is 25.3 Å². The van der Waals surface area contributed by atoms with Crippen LogP contribution in [-0.4, -0.2) is 42.0 Å². The lowest BCUT2D eigenvalue weighted by atomic mass is 9.85. The van der Waals surface area contributed by atoms with E-state index in [0.717, 1.165) is 48.2 Å². The van der Waals surface area contributed by atoms with Gasteiger partial charge in [-0.15, -0.1) is 0 Å². The van der Waals surface area contributed by atoms with Gasteiger partial charge in [0.15, 0.2) is 0 Å². The normalized spacial score (nSPS) is 18.2. The van der Waals surface area contributed by atoms with Crippen molar-refractivity contribution in [3.8, 4) is 11.5 Å². The van der Waals surface area contributed by atoms with E-state index in [4.69, 9.17) is 14.5 Å². The number of nitrogens with zero attached hydrogens (tertiary/aromatic N) is 1. The average Bonchev–Trinajstić information content (AvgIpc) is 3.22. The highest BCUT2D eigenvalue weighted by molar-refractivity contribution is 5.95. The molecule has 1 aliphatic carbocycles. The van der Waals surface area contributed by atoms with E-state index in [0.29, 0.717) is 17.1 Å². The average molecular weight is 437 g/mol. The van der Waals surface area contributed by atoms with E-state index in [2.05, 4.69) is 15.6 Å². The molecule has 1 heterocycles. The van der Waals surface area contributed by atoms with Crippen molar-refractivity contribution in [2.24, 2.45) is 0 Å². The number of ether oxygens (including phenoxy) is 2. The monoisotopic (exact) mass is 436 g/mol. The number of amides is 2. The number of methoxy groups -OCH3 is 2. The van der Waals surface area contributed by atoms with Gasteiger partial charge in [-0.2, -0.15) is 0 Å². The summed E-state index contributed by atoms with van der Waals surface area (Å²) in [5.74, 6) is 2.06. The number of carbonyl (C=O) groups excluding carboxylic acids is 2. The number of fused-ring (bicyclic) bond motifs is 1. The van der Waals surface area contributed by atoms with E-state index in [1.807, 2.05) is 18.2 Å². The molecule has 3 aromatic rings. The molecule has 2 atom stereocenters. The molecule has 1 saturated carbocycles. The Labute approximate surface area is 186 Å². The van der Waals surface area contributed by atoms with E-state index < -0.39 is 0 Å². The highest BCUT2D eigenvalue weighted by Gasteiger charge is 2.27. The summed E-state index contributed by atoms with van der Waals surface area (Å²) in [5, 5.41) is 5.96. The Morgan fingerprint density at radius 1 is 1.06 bits per heavy atom. The molecule has 0 spiro atoms. The molecule has 4 rings (SSSR count). The fourth-order valence-corrected chi connectivity index (χ4v) is 4.28. The molecular weight excluding hydrogens is 408 g/mol. The molecule has 168 valence electrons. The standard InChI is InChI=1S/C24H28N4O4/c1-14(29)25-18-7-8-21-22(12-18)28-23(27-21)15-5-4-6-17(9-15)26-24(30)16-10-19(31-2)13-20(11-16)32-3/h7-8,10-13,15,17H,4-6,9H2,1-3H3,(H,25,29)(H,26,30)(H,27,28). The summed E-state index contributed by atoms with van der Waals surface area (Å²) in [7, 11) is 3.13. The van der Waals surface area contributed by atoms with Crippen LogP contribution in [0.2, 0.25) is 0 Å². The van der Waals surface area contributed by atoms with Crippen LogP contribution in [0.15, 0.2) is 36.4 Å². The van der Waals surface area contributed by atoms with Crippen LogP contribution in [0.25, 0.3) is 11.0 Å². The molecule has 0 bridgehead atoms. The van der Waals surface area contributed by atoms with Gasteiger partial charge < -0.3 is 25.1 Å². The smallest absolute Gasteiger partial charge is 0.251 e. The maximum Gasteiger partial charge on any atom is 0.251 e. The SMILES string of the molecule is COc1cc(OC)cc(C(=O)NC2CCCC(c3nc4ccc(NC(C)=O)cc4[nH]3)C2)c1. The first-order chi connectivity index (χ1) is 15.4. The van der Waals surface area contributed by atoms with Crippen molar-refractivity contribution < 1.29 is 19.1 Å².